The van der Waals surface area contributed by atoms with Crippen molar-refractivity contribution in [1.82, 2.24) is 10.3 Å². The molecule has 1 heterocycles. The highest BCUT2D eigenvalue weighted by molar-refractivity contribution is 5.95. The van der Waals surface area contributed by atoms with Crippen molar-refractivity contribution in [2.45, 2.75) is 25.9 Å². The summed E-state index contributed by atoms with van der Waals surface area (Å²) in [5, 5.41) is 15.1. The third kappa shape index (κ3) is 4.57. The van der Waals surface area contributed by atoms with Crippen molar-refractivity contribution in [3.8, 4) is 0 Å². The molecule has 0 aliphatic heterocycles. The standard InChI is InChI=1S/C16H20N4O/c1-12(9-13-5-3-2-4-6-13)19-11-14-7-8-18-15(10-14)16(17)20-21/h2-8,10,12,19,21H,9,11H2,1H3,(H2,17,20). The molecule has 0 saturated heterocycles. The van der Waals surface area contributed by atoms with Crippen LogP contribution < -0.4 is 11.1 Å². The number of nitrogens with zero attached hydrogens (tertiary/aromatic N) is 2. The quantitative estimate of drug-likeness (QED) is 0.327. The molecule has 5 heteroatoms. The first-order chi connectivity index (χ1) is 10.2. The Labute approximate surface area is 124 Å². The number of rotatable bonds is 6. The Morgan fingerprint density at radius 3 is 2.76 bits per heavy atom. The van der Waals surface area contributed by atoms with Crippen LogP contribution in [-0.2, 0) is 13.0 Å². The molecular weight excluding hydrogens is 264 g/mol. The number of hydrogen-bond acceptors (Lipinski definition) is 4. The van der Waals surface area contributed by atoms with Gasteiger partial charge in [-0.2, -0.15) is 0 Å². The van der Waals surface area contributed by atoms with Gasteiger partial charge in [-0.1, -0.05) is 35.5 Å². The predicted molar refractivity (Wildman–Crippen MR) is 83.2 cm³/mol. The van der Waals surface area contributed by atoms with Gasteiger partial charge < -0.3 is 16.3 Å². The maximum absolute atomic E-state index is 8.67. The van der Waals surface area contributed by atoms with E-state index in [1.807, 2.05) is 30.3 Å². The summed E-state index contributed by atoms with van der Waals surface area (Å²) in [6.45, 7) is 2.86. The molecule has 2 aromatic rings. The molecule has 110 valence electrons. The van der Waals surface area contributed by atoms with Gasteiger partial charge in [0.15, 0.2) is 5.84 Å². The van der Waals surface area contributed by atoms with Crippen molar-refractivity contribution in [3.05, 3.63) is 65.5 Å². The molecule has 0 bridgehead atoms. The predicted octanol–water partition coefficient (Wildman–Crippen LogP) is 1.90. The average molecular weight is 284 g/mol. The zero-order valence-corrected chi connectivity index (χ0v) is 12.0. The Kier molecular flexibility index (Phi) is 5.29. The largest absolute Gasteiger partial charge is 0.409 e. The molecule has 4 N–H and O–H groups in total. The molecule has 0 amide bonds. The lowest BCUT2D eigenvalue weighted by Gasteiger charge is -2.14. The lowest BCUT2D eigenvalue weighted by Crippen LogP contribution is -2.27. The number of oxime groups is 1. The molecular formula is C16H20N4O. The Hall–Kier alpha value is -2.40. The Morgan fingerprint density at radius 2 is 2.05 bits per heavy atom. The second-order valence-electron chi connectivity index (χ2n) is 5.01. The van der Waals surface area contributed by atoms with Gasteiger partial charge in [0.1, 0.15) is 5.69 Å². The topological polar surface area (TPSA) is 83.5 Å². The van der Waals surface area contributed by atoms with E-state index in [1.54, 1.807) is 6.20 Å². The van der Waals surface area contributed by atoms with Crippen LogP contribution in [0.2, 0.25) is 0 Å². The van der Waals surface area contributed by atoms with Crippen LogP contribution in [0, 0.1) is 0 Å². The number of pyridine rings is 1. The molecule has 0 aliphatic carbocycles. The van der Waals surface area contributed by atoms with Gasteiger partial charge in [0.2, 0.25) is 0 Å². The minimum atomic E-state index is 0.0224. The van der Waals surface area contributed by atoms with Crippen molar-refractivity contribution in [3.63, 3.8) is 0 Å². The van der Waals surface area contributed by atoms with Crippen LogP contribution in [0.4, 0.5) is 0 Å². The third-order valence-corrected chi connectivity index (χ3v) is 3.23. The van der Waals surface area contributed by atoms with Gasteiger partial charge in [0.05, 0.1) is 0 Å². The SMILES string of the molecule is CC(Cc1ccccc1)NCc1ccnc(C(N)=NO)c1. The smallest absolute Gasteiger partial charge is 0.188 e. The first-order valence-electron chi connectivity index (χ1n) is 6.89. The van der Waals surface area contributed by atoms with Gasteiger partial charge in [-0.25, -0.2) is 0 Å². The summed E-state index contributed by atoms with van der Waals surface area (Å²) in [6, 6.07) is 14.5. The molecule has 2 rings (SSSR count). The molecule has 1 atom stereocenters. The lowest BCUT2D eigenvalue weighted by molar-refractivity contribution is 0.318. The van der Waals surface area contributed by atoms with E-state index in [4.69, 9.17) is 10.9 Å². The van der Waals surface area contributed by atoms with Gasteiger partial charge in [-0.05, 0) is 36.6 Å². The van der Waals surface area contributed by atoms with Crippen molar-refractivity contribution in [2.75, 3.05) is 0 Å². The van der Waals surface area contributed by atoms with Gasteiger partial charge in [-0.3, -0.25) is 4.98 Å². The van der Waals surface area contributed by atoms with Crippen molar-refractivity contribution in [2.24, 2.45) is 10.9 Å². The summed E-state index contributed by atoms with van der Waals surface area (Å²) in [6.07, 6.45) is 2.63. The second kappa shape index (κ2) is 7.40. The second-order valence-corrected chi connectivity index (χ2v) is 5.01. The fourth-order valence-corrected chi connectivity index (χ4v) is 2.11. The lowest BCUT2D eigenvalue weighted by atomic mass is 10.1. The van der Waals surface area contributed by atoms with Crippen molar-refractivity contribution >= 4 is 5.84 Å². The summed E-state index contributed by atoms with van der Waals surface area (Å²) in [5.41, 5.74) is 8.38. The van der Waals surface area contributed by atoms with Crippen LogP contribution in [0.1, 0.15) is 23.7 Å². The first kappa shape index (κ1) is 15.0. The van der Waals surface area contributed by atoms with E-state index in [-0.39, 0.29) is 5.84 Å². The molecule has 0 saturated carbocycles. The molecule has 0 spiro atoms. The van der Waals surface area contributed by atoms with E-state index in [0.717, 1.165) is 12.0 Å². The molecule has 1 aromatic carbocycles. The summed E-state index contributed by atoms with van der Waals surface area (Å²) in [4.78, 5) is 4.06. The van der Waals surface area contributed by atoms with Crippen LogP contribution in [0.25, 0.3) is 0 Å². The van der Waals surface area contributed by atoms with Crippen LogP contribution in [-0.4, -0.2) is 22.1 Å². The monoisotopic (exact) mass is 284 g/mol. The van der Waals surface area contributed by atoms with Gasteiger partial charge in [0.25, 0.3) is 0 Å². The van der Waals surface area contributed by atoms with Crippen molar-refractivity contribution < 1.29 is 5.21 Å². The highest BCUT2D eigenvalue weighted by atomic mass is 16.4. The molecule has 1 aromatic heterocycles. The fraction of sp³-hybridized carbons (Fsp3) is 0.250. The van der Waals surface area contributed by atoms with E-state index >= 15 is 0 Å². The van der Waals surface area contributed by atoms with Crippen LogP contribution in [0.5, 0.6) is 0 Å². The Morgan fingerprint density at radius 1 is 1.29 bits per heavy atom. The number of nitrogens with one attached hydrogen (secondary N) is 1. The van der Waals surface area contributed by atoms with E-state index in [1.165, 1.54) is 5.56 Å². The minimum Gasteiger partial charge on any atom is -0.409 e. The zero-order valence-electron chi connectivity index (χ0n) is 12.0. The molecule has 0 radical (unpaired) electrons. The van der Waals surface area contributed by atoms with E-state index in [0.29, 0.717) is 18.3 Å². The molecule has 5 nitrogen and oxygen atoms in total. The number of aromatic nitrogens is 1. The highest BCUT2D eigenvalue weighted by Gasteiger charge is 2.05. The maximum Gasteiger partial charge on any atom is 0.188 e. The zero-order chi connectivity index (χ0) is 15.1. The maximum atomic E-state index is 8.67. The summed E-state index contributed by atoms with van der Waals surface area (Å²) < 4.78 is 0. The van der Waals surface area contributed by atoms with Gasteiger partial charge in [-0.15, -0.1) is 0 Å². The van der Waals surface area contributed by atoms with E-state index in [9.17, 15) is 0 Å². The van der Waals surface area contributed by atoms with Crippen molar-refractivity contribution in [1.29, 1.82) is 0 Å². The number of hydrogen-bond donors (Lipinski definition) is 3. The summed E-state index contributed by atoms with van der Waals surface area (Å²) >= 11 is 0. The van der Waals surface area contributed by atoms with Crippen LogP contribution in [0.15, 0.2) is 53.8 Å². The fourth-order valence-electron chi connectivity index (χ4n) is 2.11. The normalized spacial score (nSPS) is 13.1. The number of amidine groups is 1. The molecule has 0 fully saturated rings. The van der Waals surface area contributed by atoms with Gasteiger partial charge in [0, 0.05) is 18.8 Å². The molecule has 0 aliphatic rings. The van der Waals surface area contributed by atoms with Gasteiger partial charge >= 0.3 is 0 Å². The Bertz CT molecular complexity index is 598. The van der Waals surface area contributed by atoms with Crippen LogP contribution in [0.3, 0.4) is 0 Å². The third-order valence-electron chi connectivity index (χ3n) is 3.23. The summed E-state index contributed by atoms with van der Waals surface area (Å²) in [7, 11) is 0. The first-order valence-corrected chi connectivity index (χ1v) is 6.89. The van der Waals surface area contributed by atoms with Crippen LogP contribution >= 0.6 is 0 Å². The average Bonchev–Trinajstić information content (AvgIpc) is 2.53. The molecule has 21 heavy (non-hydrogen) atoms. The number of benzene rings is 1. The van der Waals surface area contributed by atoms with E-state index < -0.39 is 0 Å². The minimum absolute atomic E-state index is 0.0224. The molecule has 1 unspecified atom stereocenters. The number of nitrogens with two attached hydrogens (primary N) is 1. The highest BCUT2D eigenvalue weighted by Crippen LogP contribution is 2.05. The Balaban J connectivity index is 1.91. The summed E-state index contributed by atoms with van der Waals surface area (Å²) in [5.74, 6) is 0.0224. The van der Waals surface area contributed by atoms with E-state index in [2.05, 4.69) is 34.5 Å².